The standard InChI is InChI=1S/C10H12BrNO2/c1-3-9(11)5-7-12-8-6-10(13)14-4-2/h3,5-8H,1,4H2,2H3/b8-6+,9-5+,12-7+. The lowest BCUT2D eigenvalue weighted by atomic mass is 10.5. The van der Waals surface area contributed by atoms with Crippen molar-refractivity contribution in [3.63, 3.8) is 0 Å². The first-order valence-corrected chi connectivity index (χ1v) is 4.84. The molecule has 0 aliphatic carbocycles. The SMILES string of the molecule is C=C\C(Br)=C/C=N/C=C/C(=O)OCC. The molecule has 0 unspecified atom stereocenters. The number of carbonyl (C=O) groups excluding carboxylic acids is 1. The first-order chi connectivity index (χ1) is 6.70. The number of rotatable bonds is 5. The molecule has 0 saturated heterocycles. The summed E-state index contributed by atoms with van der Waals surface area (Å²) in [6.45, 7) is 5.66. The van der Waals surface area contributed by atoms with Gasteiger partial charge >= 0.3 is 5.97 Å². The fraction of sp³-hybridized carbons (Fsp3) is 0.200. The highest BCUT2D eigenvalue weighted by molar-refractivity contribution is 9.11. The van der Waals surface area contributed by atoms with E-state index in [-0.39, 0.29) is 0 Å². The Labute approximate surface area is 92.0 Å². The maximum absolute atomic E-state index is 10.8. The van der Waals surface area contributed by atoms with E-state index in [1.807, 2.05) is 0 Å². The normalized spacial score (nSPS) is 12.3. The summed E-state index contributed by atoms with van der Waals surface area (Å²) in [6, 6.07) is 0. The summed E-state index contributed by atoms with van der Waals surface area (Å²) in [5.74, 6) is -0.392. The molecule has 4 heteroatoms. The maximum atomic E-state index is 10.8. The van der Waals surface area contributed by atoms with Gasteiger partial charge in [0.25, 0.3) is 0 Å². The average molecular weight is 258 g/mol. The molecule has 0 spiro atoms. The van der Waals surface area contributed by atoms with E-state index in [2.05, 4.69) is 32.2 Å². The first-order valence-electron chi connectivity index (χ1n) is 4.05. The van der Waals surface area contributed by atoms with Gasteiger partial charge in [0.15, 0.2) is 0 Å². The third-order valence-electron chi connectivity index (χ3n) is 1.10. The van der Waals surface area contributed by atoms with Crippen LogP contribution in [0.15, 0.2) is 40.5 Å². The second-order valence-corrected chi connectivity index (χ2v) is 3.04. The summed E-state index contributed by atoms with van der Waals surface area (Å²) in [5, 5.41) is 0. The van der Waals surface area contributed by atoms with Crippen LogP contribution in [0.5, 0.6) is 0 Å². The minimum absolute atomic E-state index is 0.370. The number of allylic oxidation sites excluding steroid dienone is 3. The highest BCUT2D eigenvalue weighted by atomic mass is 79.9. The lowest BCUT2D eigenvalue weighted by Gasteiger charge is -1.92. The van der Waals surface area contributed by atoms with E-state index in [1.54, 1.807) is 25.3 Å². The summed E-state index contributed by atoms with van der Waals surface area (Å²) in [4.78, 5) is 14.6. The van der Waals surface area contributed by atoms with Gasteiger partial charge in [-0.2, -0.15) is 0 Å². The quantitative estimate of drug-likeness (QED) is 0.329. The van der Waals surface area contributed by atoms with Crippen LogP contribution in [0, 0.1) is 0 Å². The van der Waals surface area contributed by atoms with E-state index in [4.69, 9.17) is 0 Å². The van der Waals surface area contributed by atoms with Gasteiger partial charge in [0, 0.05) is 23.0 Å². The van der Waals surface area contributed by atoms with Gasteiger partial charge in [-0.05, 0) is 13.0 Å². The number of ether oxygens (including phenoxy) is 1. The molecular formula is C10H12BrNO2. The van der Waals surface area contributed by atoms with E-state index in [0.717, 1.165) is 4.48 Å². The predicted molar refractivity (Wildman–Crippen MR) is 61.5 cm³/mol. The molecule has 76 valence electrons. The van der Waals surface area contributed by atoms with Crippen LogP contribution in [0.4, 0.5) is 0 Å². The van der Waals surface area contributed by atoms with Gasteiger partial charge in [-0.3, -0.25) is 4.99 Å². The molecule has 0 aliphatic rings. The molecular weight excluding hydrogens is 246 g/mol. The maximum Gasteiger partial charge on any atom is 0.332 e. The van der Waals surface area contributed by atoms with Crippen molar-refractivity contribution >= 4 is 28.1 Å². The minimum Gasteiger partial charge on any atom is -0.463 e. The highest BCUT2D eigenvalue weighted by Crippen LogP contribution is 2.02. The molecule has 0 radical (unpaired) electrons. The van der Waals surface area contributed by atoms with Gasteiger partial charge in [0.1, 0.15) is 0 Å². The minimum atomic E-state index is -0.392. The van der Waals surface area contributed by atoms with Crippen molar-refractivity contribution in [2.45, 2.75) is 6.92 Å². The van der Waals surface area contributed by atoms with Gasteiger partial charge in [-0.25, -0.2) is 4.79 Å². The first kappa shape index (κ1) is 12.8. The lowest BCUT2D eigenvalue weighted by Crippen LogP contribution is -1.98. The van der Waals surface area contributed by atoms with Gasteiger partial charge in [-0.15, -0.1) is 0 Å². The van der Waals surface area contributed by atoms with E-state index in [9.17, 15) is 4.79 Å². The lowest BCUT2D eigenvalue weighted by molar-refractivity contribution is -0.137. The van der Waals surface area contributed by atoms with Crippen molar-refractivity contribution in [1.29, 1.82) is 0 Å². The number of carbonyl (C=O) groups is 1. The number of esters is 1. The number of aliphatic imine (C=N–C) groups is 1. The molecule has 0 aromatic heterocycles. The highest BCUT2D eigenvalue weighted by Gasteiger charge is 1.90. The second kappa shape index (κ2) is 8.44. The van der Waals surface area contributed by atoms with Gasteiger partial charge < -0.3 is 4.74 Å². The topological polar surface area (TPSA) is 38.7 Å². The fourth-order valence-electron chi connectivity index (χ4n) is 0.526. The molecule has 14 heavy (non-hydrogen) atoms. The molecule has 0 heterocycles. The number of nitrogens with zero attached hydrogens (tertiary/aromatic N) is 1. The van der Waals surface area contributed by atoms with E-state index >= 15 is 0 Å². The molecule has 0 aromatic rings. The Hall–Kier alpha value is -1.16. The zero-order valence-corrected chi connectivity index (χ0v) is 9.53. The predicted octanol–water partition coefficient (Wildman–Crippen LogP) is 2.60. The number of hydrogen-bond donors (Lipinski definition) is 0. The molecule has 0 bridgehead atoms. The summed E-state index contributed by atoms with van der Waals surface area (Å²) < 4.78 is 5.48. The molecule has 0 aromatic carbocycles. The van der Waals surface area contributed by atoms with Gasteiger partial charge in [0.05, 0.1) is 6.61 Å². The third kappa shape index (κ3) is 7.49. The van der Waals surface area contributed by atoms with E-state index in [0.29, 0.717) is 6.61 Å². The van der Waals surface area contributed by atoms with Gasteiger partial charge in [0.2, 0.25) is 0 Å². The Morgan fingerprint density at radius 3 is 2.93 bits per heavy atom. The molecule has 0 fully saturated rings. The summed E-state index contributed by atoms with van der Waals surface area (Å²) >= 11 is 3.22. The van der Waals surface area contributed by atoms with Crippen molar-refractivity contribution in [2.24, 2.45) is 4.99 Å². The van der Waals surface area contributed by atoms with Gasteiger partial charge in [-0.1, -0.05) is 28.6 Å². The van der Waals surface area contributed by atoms with Crippen molar-refractivity contribution < 1.29 is 9.53 Å². The van der Waals surface area contributed by atoms with Crippen molar-refractivity contribution in [3.8, 4) is 0 Å². The average Bonchev–Trinajstić information content (AvgIpc) is 2.17. The molecule has 0 atom stereocenters. The van der Waals surface area contributed by atoms with E-state index in [1.165, 1.54) is 12.3 Å². The zero-order chi connectivity index (χ0) is 10.8. The second-order valence-electron chi connectivity index (χ2n) is 2.12. The monoisotopic (exact) mass is 257 g/mol. The van der Waals surface area contributed by atoms with Crippen LogP contribution in [0.25, 0.3) is 0 Å². The van der Waals surface area contributed by atoms with Crippen molar-refractivity contribution in [3.05, 3.63) is 35.5 Å². The zero-order valence-electron chi connectivity index (χ0n) is 7.94. The third-order valence-corrected chi connectivity index (χ3v) is 1.69. The Morgan fingerprint density at radius 1 is 1.64 bits per heavy atom. The molecule has 0 N–H and O–H groups in total. The summed E-state index contributed by atoms with van der Waals surface area (Å²) in [5.41, 5.74) is 0. The summed E-state index contributed by atoms with van der Waals surface area (Å²) in [7, 11) is 0. The van der Waals surface area contributed by atoms with Crippen LogP contribution in [0.2, 0.25) is 0 Å². The van der Waals surface area contributed by atoms with Crippen LogP contribution >= 0.6 is 15.9 Å². The molecule has 0 amide bonds. The Balaban J connectivity index is 3.92. The Kier molecular flexibility index (Phi) is 7.74. The van der Waals surface area contributed by atoms with Crippen LogP contribution in [0.1, 0.15) is 6.92 Å². The van der Waals surface area contributed by atoms with Crippen LogP contribution in [-0.4, -0.2) is 18.8 Å². The molecule has 0 aliphatic heterocycles. The van der Waals surface area contributed by atoms with Crippen LogP contribution < -0.4 is 0 Å². The van der Waals surface area contributed by atoms with Crippen molar-refractivity contribution in [1.82, 2.24) is 0 Å². The smallest absolute Gasteiger partial charge is 0.332 e. The summed E-state index contributed by atoms with van der Waals surface area (Å²) in [6.07, 6.45) is 7.53. The van der Waals surface area contributed by atoms with Crippen LogP contribution in [-0.2, 0) is 9.53 Å². The Bertz CT molecular complexity index is 280. The fourth-order valence-corrected chi connectivity index (χ4v) is 0.644. The Morgan fingerprint density at radius 2 is 2.36 bits per heavy atom. The number of halogens is 1. The largest absolute Gasteiger partial charge is 0.463 e. The van der Waals surface area contributed by atoms with Crippen molar-refractivity contribution in [2.75, 3.05) is 6.61 Å². The molecule has 0 rings (SSSR count). The van der Waals surface area contributed by atoms with E-state index < -0.39 is 5.97 Å². The van der Waals surface area contributed by atoms with Crippen LogP contribution in [0.3, 0.4) is 0 Å². The number of hydrogen-bond acceptors (Lipinski definition) is 3. The molecule has 3 nitrogen and oxygen atoms in total. The molecule has 0 saturated carbocycles.